The second-order valence-electron chi connectivity index (χ2n) is 4.23. The summed E-state index contributed by atoms with van der Waals surface area (Å²) in [5.41, 5.74) is 8.19. The van der Waals surface area contributed by atoms with E-state index in [1.54, 1.807) is 11.9 Å². The molecule has 2 aromatic rings. The maximum absolute atomic E-state index is 12.1. The lowest BCUT2D eigenvalue weighted by Gasteiger charge is -2.18. The van der Waals surface area contributed by atoms with Crippen molar-refractivity contribution in [3.8, 4) is 0 Å². The number of hydrogen-bond acceptors (Lipinski definition) is 2. The molecule has 0 bridgehead atoms. The lowest BCUT2D eigenvalue weighted by Crippen LogP contribution is -2.31. The molecular formula is C15H17N3O. The van der Waals surface area contributed by atoms with Gasteiger partial charge in [0.1, 0.15) is 0 Å². The number of carbonyl (C=O) groups is 1. The third kappa shape index (κ3) is 3.33. The molecule has 0 fully saturated rings. The van der Waals surface area contributed by atoms with Crippen LogP contribution < -0.4 is 16.0 Å². The van der Waals surface area contributed by atoms with Crippen LogP contribution in [0, 0.1) is 0 Å². The fraction of sp³-hybridized carbons (Fsp3) is 0.133. The third-order valence-corrected chi connectivity index (χ3v) is 2.89. The molecular weight excluding hydrogens is 238 g/mol. The Bertz CT molecular complexity index is 537. The normalized spacial score (nSPS) is 10.0. The molecule has 2 amide bonds. The Morgan fingerprint density at radius 3 is 2.32 bits per heavy atom. The zero-order valence-corrected chi connectivity index (χ0v) is 10.8. The summed E-state index contributed by atoms with van der Waals surface area (Å²) >= 11 is 0. The maximum atomic E-state index is 12.1. The van der Waals surface area contributed by atoms with Gasteiger partial charge in [-0.15, -0.1) is 0 Å². The highest BCUT2D eigenvalue weighted by atomic mass is 16.2. The first-order valence-corrected chi connectivity index (χ1v) is 6.09. The highest BCUT2D eigenvalue weighted by Crippen LogP contribution is 2.15. The van der Waals surface area contributed by atoms with E-state index in [1.165, 1.54) is 0 Å². The van der Waals surface area contributed by atoms with Gasteiger partial charge in [-0.3, -0.25) is 4.90 Å². The number of hydrogen-bond donors (Lipinski definition) is 2. The first-order valence-electron chi connectivity index (χ1n) is 6.09. The van der Waals surface area contributed by atoms with E-state index in [2.05, 4.69) is 5.32 Å². The molecule has 98 valence electrons. The minimum atomic E-state index is -0.174. The number of rotatable bonds is 3. The Hall–Kier alpha value is -2.33. The van der Waals surface area contributed by atoms with Crippen molar-refractivity contribution in [3.63, 3.8) is 0 Å². The van der Waals surface area contributed by atoms with Gasteiger partial charge in [-0.2, -0.15) is 0 Å². The molecule has 0 aliphatic heterocycles. The first kappa shape index (κ1) is 13.1. The molecule has 2 aromatic carbocycles. The summed E-state index contributed by atoms with van der Waals surface area (Å²) in [5, 5.41) is 2.83. The first-order chi connectivity index (χ1) is 9.20. The lowest BCUT2D eigenvalue weighted by atomic mass is 10.2. The van der Waals surface area contributed by atoms with Crippen molar-refractivity contribution in [1.29, 1.82) is 0 Å². The highest BCUT2D eigenvalue weighted by Gasteiger charge is 2.10. The highest BCUT2D eigenvalue weighted by molar-refractivity contribution is 6.01. The standard InChI is InChI=1S/C15H17N3O/c1-18(14-9-7-12(11-16)8-10-14)15(19)17-13-5-3-2-4-6-13/h2-10H,11,16H2,1H3,(H,17,19). The summed E-state index contributed by atoms with van der Waals surface area (Å²) in [6.45, 7) is 0.500. The summed E-state index contributed by atoms with van der Waals surface area (Å²) < 4.78 is 0. The topological polar surface area (TPSA) is 58.4 Å². The Balaban J connectivity index is 2.06. The molecule has 0 saturated carbocycles. The van der Waals surface area contributed by atoms with Gasteiger partial charge in [0.15, 0.2) is 0 Å². The molecule has 0 radical (unpaired) electrons. The quantitative estimate of drug-likeness (QED) is 0.886. The van der Waals surface area contributed by atoms with Crippen LogP contribution in [0.2, 0.25) is 0 Å². The molecule has 0 atom stereocenters. The van der Waals surface area contributed by atoms with Gasteiger partial charge in [-0.1, -0.05) is 30.3 Å². The minimum absolute atomic E-state index is 0.174. The molecule has 0 aliphatic rings. The molecule has 0 heterocycles. The van der Waals surface area contributed by atoms with Crippen molar-refractivity contribution in [3.05, 3.63) is 60.2 Å². The molecule has 0 aliphatic carbocycles. The van der Waals surface area contributed by atoms with E-state index in [1.807, 2.05) is 54.6 Å². The number of benzene rings is 2. The summed E-state index contributed by atoms with van der Waals surface area (Å²) in [6.07, 6.45) is 0. The Morgan fingerprint density at radius 2 is 1.74 bits per heavy atom. The molecule has 0 spiro atoms. The zero-order chi connectivity index (χ0) is 13.7. The van der Waals surface area contributed by atoms with Crippen LogP contribution in [0.3, 0.4) is 0 Å². The average molecular weight is 255 g/mol. The van der Waals surface area contributed by atoms with Gasteiger partial charge in [-0.25, -0.2) is 4.79 Å². The Kier molecular flexibility index (Phi) is 4.15. The van der Waals surface area contributed by atoms with Gasteiger partial charge in [-0.05, 0) is 29.8 Å². The molecule has 4 nitrogen and oxygen atoms in total. The van der Waals surface area contributed by atoms with Crippen molar-refractivity contribution >= 4 is 17.4 Å². The van der Waals surface area contributed by atoms with Crippen LogP contribution in [-0.4, -0.2) is 13.1 Å². The van der Waals surface area contributed by atoms with E-state index in [0.29, 0.717) is 6.54 Å². The molecule has 4 heteroatoms. The van der Waals surface area contributed by atoms with Gasteiger partial charge in [0.25, 0.3) is 0 Å². The van der Waals surface area contributed by atoms with Gasteiger partial charge < -0.3 is 11.1 Å². The van der Waals surface area contributed by atoms with Crippen LogP contribution in [0.15, 0.2) is 54.6 Å². The van der Waals surface area contributed by atoms with E-state index in [9.17, 15) is 4.79 Å². The van der Waals surface area contributed by atoms with Gasteiger partial charge >= 0.3 is 6.03 Å². The number of nitrogens with zero attached hydrogens (tertiary/aromatic N) is 1. The molecule has 0 saturated heterocycles. The predicted octanol–water partition coefficient (Wildman–Crippen LogP) is 2.81. The summed E-state index contributed by atoms with van der Waals surface area (Å²) in [5.74, 6) is 0. The fourth-order valence-electron chi connectivity index (χ4n) is 1.70. The van der Waals surface area contributed by atoms with E-state index >= 15 is 0 Å². The van der Waals surface area contributed by atoms with Crippen molar-refractivity contribution in [2.24, 2.45) is 5.73 Å². The number of nitrogens with one attached hydrogen (secondary N) is 1. The second-order valence-corrected chi connectivity index (χ2v) is 4.23. The van der Waals surface area contributed by atoms with E-state index < -0.39 is 0 Å². The summed E-state index contributed by atoms with van der Waals surface area (Å²) in [7, 11) is 1.73. The van der Waals surface area contributed by atoms with Gasteiger partial charge in [0, 0.05) is 25.0 Å². The SMILES string of the molecule is CN(C(=O)Nc1ccccc1)c1ccc(CN)cc1. The number of anilines is 2. The van der Waals surface area contributed by atoms with E-state index in [-0.39, 0.29) is 6.03 Å². The van der Waals surface area contributed by atoms with Gasteiger partial charge in [0.2, 0.25) is 0 Å². The van der Waals surface area contributed by atoms with Crippen LogP contribution in [0.4, 0.5) is 16.2 Å². The van der Waals surface area contributed by atoms with Crippen molar-refractivity contribution in [2.75, 3.05) is 17.3 Å². The number of para-hydroxylation sites is 1. The average Bonchev–Trinajstić information content (AvgIpc) is 2.47. The van der Waals surface area contributed by atoms with Crippen molar-refractivity contribution in [2.45, 2.75) is 6.54 Å². The largest absolute Gasteiger partial charge is 0.326 e. The molecule has 3 N–H and O–H groups in total. The zero-order valence-electron chi connectivity index (χ0n) is 10.8. The van der Waals surface area contributed by atoms with Crippen LogP contribution in [-0.2, 0) is 6.54 Å². The summed E-state index contributed by atoms with van der Waals surface area (Å²) in [4.78, 5) is 13.6. The maximum Gasteiger partial charge on any atom is 0.326 e. The fourth-order valence-corrected chi connectivity index (χ4v) is 1.70. The van der Waals surface area contributed by atoms with Crippen LogP contribution in [0.5, 0.6) is 0 Å². The molecule has 0 unspecified atom stereocenters. The number of urea groups is 1. The Labute approximate surface area is 112 Å². The lowest BCUT2D eigenvalue weighted by molar-refractivity contribution is 0.258. The van der Waals surface area contributed by atoms with Crippen LogP contribution in [0.25, 0.3) is 0 Å². The minimum Gasteiger partial charge on any atom is -0.326 e. The third-order valence-electron chi connectivity index (χ3n) is 2.89. The van der Waals surface area contributed by atoms with E-state index in [0.717, 1.165) is 16.9 Å². The van der Waals surface area contributed by atoms with Crippen LogP contribution in [0.1, 0.15) is 5.56 Å². The monoisotopic (exact) mass is 255 g/mol. The second kappa shape index (κ2) is 6.02. The molecule has 19 heavy (non-hydrogen) atoms. The number of nitrogens with two attached hydrogens (primary N) is 1. The van der Waals surface area contributed by atoms with Crippen molar-refractivity contribution in [1.82, 2.24) is 0 Å². The molecule has 0 aromatic heterocycles. The number of carbonyl (C=O) groups excluding carboxylic acids is 1. The number of amides is 2. The Morgan fingerprint density at radius 1 is 1.11 bits per heavy atom. The van der Waals surface area contributed by atoms with Gasteiger partial charge in [0.05, 0.1) is 0 Å². The summed E-state index contributed by atoms with van der Waals surface area (Å²) in [6, 6.07) is 16.8. The van der Waals surface area contributed by atoms with Crippen molar-refractivity contribution < 1.29 is 4.79 Å². The molecule has 2 rings (SSSR count). The predicted molar refractivity (Wildman–Crippen MR) is 78.2 cm³/mol. The smallest absolute Gasteiger partial charge is 0.326 e. The van der Waals surface area contributed by atoms with Crippen LogP contribution >= 0.6 is 0 Å². The van der Waals surface area contributed by atoms with E-state index in [4.69, 9.17) is 5.73 Å².